The van der Waals surface area contributed by atoms with Gasteiger partial charge >= 0.3 is 0 Å². The van der Waals surface area contributed by atoms with Crippen molar-refractivity contribution in [1.82, 2.24) is 0 Å². The summed E-state index contributed by atoms with van der Waals surface area (Å²) in [6, 6.07) is 27.8. The Morgan fingerprint density at radius 3 is 2.05 bits per heavy atom. The van der Waals surface area contributed by atoms with Crippen LogP contribution >= 0.6 is 0 Å². The van der Waals surface area contributed by atoms with E-state index in [-0.39, 0.29) is 0 Å². The molecule has 0 bridgehead atoms. The third kappa shape index (κ3) is 3.17. The van der Waals surface area contributed by atoms with E-state index in [2.05, 4.69) is 98.8 Å². The van der Waals surface area contributed by atoms with E-state index in [1.165, 1.54) is 33.4 Å². The lowest BCUT2D eigenvalue weighted by Crippen LogP contribution is -1.93. The molecule has 0 aliphatic rings. The molecule has 0 N–H and O–H groups in total. The first-order valence-electron chi connectivity index (χ1n) is 7.64. The van der Waals surface area contributed by atoms with Crippen molar-refractivity contribution in [2.75, 3.05) is 0 Å². The highest BCUT2D eigenvalue weighted by Gasteiger charge is 2.08. The molecule has 0 radical (unpaired) electrons. The van der Waals surface area contributed by atoms with Gasteiger partial charge in [-0.25, -0.2) is 0 Å². The van der Waals surface area contributed by atoms with E-state index in [1.54, 1.807) is 0 Å². The van der Waals surface area contributed by atoms with Gasteiger partial charge in [0, 0.05) is 0 Å². The molecule has 0 spiro atoms. The summed E-state index contributed by atoms with van der Waals surface area (Å²) in [5.74, 6) is 0. The molecule has 3 aromatic carbocycles. The third-order valence-electron chi connectivity index (χ3n) is 3.88. The van der Waals surface area contributed by atoms with Crippen molar-refractivity contribution in [2.45, 2.75) is 13.8 Å². The van der Waals surface area contributed by atoms with Gasteiger partial charge < -0.3 is 0 Å². The summed E-state index contributed by atoms with van der Waals surface area (Å²) >= 11 is 0. The summed E-state index contributed by atoms with van der Waals surface area (Å²) < 4.78 is 0. The maximum absolute atomic E-state index is 2.27. The predicted molar refractivity (Wildman–Crippen MR) is 95.8 cm³/mol. The SMILES string of the molecule is Cc1ccc(C)c(/C(=C\c2ccccc2)c2ccccc2)c1. The molecule has 0 nitrogen and oxygen atoms in total. The summed E-state index contributed by atoms with van der Waals surface area (Å²) in [4.78, 5) is 0. The van der Waals surface area contributed by atoms with Crippen LogP contribution in [-0.2, 0) is 0 Å². The average molecular weight is 284 g/mol. The van der Waals surface area contributed by atoms with Crippen molar-refractivity contribution in [2.24, 2.45) is 0 Å². The zero-order valence-corrected chi connectivity index (χ0v) is 13.1. The van der Waals surface area contributed by atoms with Gasteiger partial charge in [0.05, 0.1) is 0 Å². The Hall–Kier alpha value is -2.60. The molecule has 108 valence electrons. The van der Waals surface area contributed by atoms with Crippen LogP contribution < -0.4 is 0 Å². The maximum atomic E-state index is 2.27. The number of hydrogen-bond donors (Lipinski definition) is 0. The second kappa shape index (κ2) is 6.44. The minimum absolute atomic E-state index is 1.22. The van der Waals surface area contributed by atoms with E-state index in [4.69, 9.17) is 0 Å². The highest BCUT2D eigenvalue weighted by molar-refractivity contribution is 5.92. The first-order valence-corrected chi connectivity index (χ1v) is 7.64. The molecular weight excluding hydrogens is 264 g/mol. The van der Waals surface area contributed by atoms with Crippen LogP contribution in [0.4, 0.5) is 0 Å². The summed E-state index contributed by atoms with van der Waals surface area (Å²) in [5, 5.41) is 0. The molecule has 3 rings (SSSR count). The van der Waals surface area contributed by atoms with Crippen molar-refractivity contribution in [1.29, 1.82) is 0 Å². The zero-order chi connectivity index (χ0) is 15.4. The quantitative estimate of drug-likeness (QED) is 0.526. The van der Waals surface area contributed by atoms with Gasteiger partial charge in [-0.05, 0) is 47.8 Å². The standard InChI is InChI=1S/C22H20/c1-17-13-14-18(2)21(15-17)22(20-11-7-4-8-12-20)16-19-9-5-3-6-10-19/h3-16H,1-2H3/b22-16-. The summed E-state index contributed by atoms with van der Waals surface area (Å²) in [6.45, 7) is 4.32. The Balaban J connectivity index is 2.20. The topological polar surface area (TPSA) is 0 Å². The third-order valence-corrected chi connectivity index (χ3v) is 3.88. The molecule has 3 aromatic rings. The normalized spacial score (nSPS) is 11.5. The van der Waals surface area contributed by atoms with Crippen molar-refractivity contribution in [3.05, 3.63) is 107 Å². The Morgan fingerprint density at radius 2 is 1.36 bits per heavy atom. The number of hydrogen-bond acceptors (Lipinski definition) is 0. The van der Waals surface area contributed by atoms with Crippen LogP contribution in [0.2, 0.25) is 0 Å². The fourth-order valence-corrected chi connectivity index (χ4v) is 2.68. The Bertz CT molecular complexity index is 781. The van der Waals surface area contributed by atoms with Crippen molar-refractivity contribution < 1.29 is 0 Å². The van der Waals surface area contributed by atoms with E-state index >= 15 is 0 Å². The van der Waals surface area contributed by atoms with Gasteiger partial charge in [0.15, 0.2) is 0 Å². The molecule has 0 atom stereocenters. The van der Waals surface area contributed by atoms with Crippen LogP contribution in [0.25, 0.3) is 11.6 Å². The molecular formula is C22H20. The zero-order valence-electron chi connectivity index (χ0n) is 13.1. The average Bonchev–Trinajstić information content (AvgIpc) is 2.57. The largest absolute Gasteiger partial charge is 0.0622 e. The molecule has 0 aromatic heterocycles. The van der Waals surface area contributed by atoms with Crippen molar-refractivity contribution in [3.8, 4) is 0 Å². The van der Waals surface area contributed by atoms with Gasteiger partial charge in [-0.15, -0.1) is 0 Å². The second-order valence-electron chi connectivity index (χ2n) is 5.65. The molecule has 0 unspecified atom stereocenters. The van der Waals surface area contributed by atoms with Crippen molar-refractivity contribution in [3.63, 3.8) is 0 Å². The molecule has 0 fully saturated rings. The van der Waals surface area contributed by atoms with Crippen LogP contribution in [0.3, 0.4) is 0 Å². The Kier molecular flexibility index (Phi) is 4.20. The first kappa shape index (κ1) is 14.3. The molecule has 0 heteroatoms. The van der Waals surface area contributed by atoms with Gasteiger partial charge in [0.1, 0.15) is 0 Å². The highest BCUT2D eigenvalue weighted by Crippen LogP contribution is 2.29. The monoisotopic (exact) mass is 284 g/mol. The lowest BCUT2D eigenvalue weighted by Gasteiger charge is -2.13. The summed E-state index contributed by atoms with van der Waals surface area (Å²) in [6.07, 6.45) is 2.27. The summed E-state index contributed by atoms with van der Waals surface area (Å²) in [7, 11) is 0. The smallest absolute Gasteiger partial charge is 0.0103 e. The molecule has 0 aliphatic carbocycles. The minimum atomic E-state index is 1.22. The Labute approximate surface area is 132 Å². The number of rotatable bonds is 3. The van der Waals surface area contributed by atoms with Crippen LogP contribution in [0.5, 0.6) is 0 Å². The van der Waals surface area contributed by atoms with E-state index in [1.807, 2.05) is 0 Å². The van der Waals surface area contributed by atoms with Gasteiger partial charge in [0.2, 0.25) is 0 Å². The lowest BCUT2D eigenvalue weighted by atomic mass is 9.91. The van der Waals surface area contributed by atoms with E-state index in [0.29, 0.717) is 0 Å². The van der Waals surface area contributed by atoms with Crippen LogP contribution in [0.1, 0.15) is 27.8 Å². The fourth-order valence-electron chi connectivity index (χ4n) is 2.68. The maximum Gasteiger partial charge on any atom is -0.0103 e. The minimum Gasteiger partial charge on any atom is -0.0622 e. The van der Waals surface area contributed by atoms with Gasteiger partial charge in [-0.2, -0.15) is 0 Å². The lowest BCUT2D eigenvalue weighted by molar-refractivity contribution is 1.36. The summed E-state index contributed by atoms with van der Waals surface area (Å²) in [5.41, 5.74) is 7.64. The van der Waals surface area contributed by atoms with Gasteiger partial charge in [0.25, 0.3) is 0 Å². The van der Waals surface area contributed by atoms with E-state index < -0.39 is 0 Å². The predicted octanol–water partition coefficient (Wildman–Crippen LogP) is 5.89. The first-order chi connectivity index (χ1) is 10.7. The van der Waals surface area contributed by atoms with E-state index in [0.717, 1.165) is 0 Å². The molecule has 0 heterocycles. The molecule has 0 amide bonds. The fraction of sp³-hybridized carbons (Fsp3) is 0.0909. The Morgan fingerprint density at radius 1 is 0.727 bits per heavy atom. The van der Waals surface area contributed by atoms with Gasteiger partial charge in [-0.3, -0.25) is 0 Å². The van der Waals surface area contributed by atoms with Gasteiger partial charge in [-0.1, -0.05) is 84.4 Å². The molecule has 0 saturated carbocycles. The molecule has 0 saturated heterocycles. The molecule has 0 aliphatic heterocycles. The highest BCUT2D eigenvalue weighted by atomic mass is 14.1. The number of benzene rings is 3. The van der Waals surface area contributed by atoms with Crippen molar-refractivity contribution >= 4 is 11.6 Å². The van der Waals surface area contributed by atoms with Crippen LogP contribution in [0.15, 0.2) is 78.9 Å². The van der Waals surface area contributed by atoms with E-state index in [9.17, 15) is 0 Å². The second-order valence-corrected chi connectivity index (χ2v) is 5.65. The number of aryl methyl sites for hydroxylation is 2. The van der Waals surface area contributed by atoms with Crippen LogP contribution in [-0.4, -0.2) is 0 Å². The van der Waals surface area contributed by atoms with Crippen LogP contribution in [0, 0.1) is 13.8 Å². The molecule has 22 heavy (non-hydrogen) atoms.